The Labute approximate surface area is 136 Å². The van der Waals surface area contributed by atoms with Gasteiger partial charge in [-0.15, -0.1) is 0 Å². The van der Waals surface area contributed by atoms with Crippen LogP contribution in [0.2, 0.25) is 0 Å². The molecular formula is C22H19N. The van der Waals surface area contributed by atoms with E-state index in [-0.39, 0.29) is 0 Å². The summed E-state index contributed by atoms with van der Waals surface area (Å²) in [6.45, 7) is 2.17. The number of hydrogen-bond donors (Lipinski definition) is 1. The minimum atomic E-state index is 0.916. The van der Waals surface area contributed by atoms with Crippen LogP contribution in [-0.4, -0.2) is 4.98 Å². The molecule has 0 saturated heterocycles. The van der Waals surface area contributed by atoms with Crippen LogP contribution in [0, 0.1) is 6.92 Å². The topological polar surface area (TPSA) is 15.8 Å². The summed E-state index contributed by atoms with van der Waals surface area (Å²) in [5, 5.41) is 1.31. The van der Waals surface area contributed by atoms with Crippen LogP contribution >= 0.6 is 0 Å². The lowest BCUT2D eigenvalue weighted by Crippen LogP contribution is -1.91. The maximum Gasteiger partial charge on any atom is 0.0492 e. The van der Waals surface area contributed by atoms with Gasteiger partial charge in [-0.05, 0) is 23.6 Å². The molecule has 3 aromatic carbocycles. The van der Waals surface area contributed by atoms with Crippen LogP contribution in [0.25, 0.3) is 22.0 Å². The lowest BCUT2D eigenvalue weighted by Gasteiger charge is -2.06. The van der Waals surface area contributed by atoms with Crippen molar-refractivity contribution in [2.24, 2.45) is 0 Å². The van der Waals surface area contributed by atoms with Gasteiger partial charge in [0.2, 0.25) is 0 Å². The summed E-state index contributed by atoms with van der Waals surface area (Å²) >= 11 is 0. The Bertz CT molecular complexity index is 934. The molecule has 1 aromatic heterocycles. The largest absolute Gasteiger partial charge is 0.357 e. The van der Waals surface area contributed by atoms with Crippen molar-refractivity contribution < 1.29 is 0 Å². The maximum absolute atomic E-state index is 3.68. The van der Waals surface area contributed by atoms with Gasteiger partial charge >= 0.3 is 0 Å². The second-order valence-electron chi connectivity index (χ2n) is 6.00. The molecule has 4 rings (SSSR count). The Balaban J connectivity index is 1.94. The monoisotopic (exact) mass is 297 g/mol. The number of aryl methyl sites for hydroxylation is 1. The van der Waals surface area contributed by atoms with Crippen LogP contribution in [0.3, 0.4) is 0 Å². The van der Waals surface area contributed by atoms with Gasteiger partial charge in [-0.1, -0.05) is 78.9 Å². The lowest BCUT2D eigenvalue weighted by molar-refractivity contribution is 1.12. The standard InChI is InChI=1S/C22H19N/c1-16-9-8-14-19-21(18-12-6-3-7-13-18)20(23-22(16)19)15-17-10-4-2-5-11-17/h2-14,23H,15H2,1H3. The van der Waals surface area contributed by atoms with Gasteiger partial charge in [0.05, 0.1) is 0 Å². The fourth-order valence-electron chi connectivity index (χ4n) is 3.29. The third kappa shape index (κ3) is 2.55. The Morgan fingerprint density at radius 3 is 2.17 bits per heavy atom. The zero-order chi connectivity index (χ0) is 15.6. The number of benzene rings is 3. The summed E-state index contributed by atoms with van der Waals surface area (Å²) < 4.78 is 0. The number of aromatic amines is 1. The third-order valence-electron chi connectivity index (χ3n) is 4.41. The summed E-state index contributed by atoms with van der Waals surface area (Å²) in [5.41, 5.74) is 7.75. The minimum Gasteiger partial charge on any atom is -0.357 e. The Hall–Kier alpha value is -2.80. The summed E-state index contributed by atoms with van der Waals surface area (Å²) in [4.78, 5) is 3.68. The van der Waals surface area contributed by atoms with Crippen molar-refractivity contribution in [3.63, 3.8) is 0 Å². The van der Waals surface area contributed by atoms with E-state index in [9.17, 15) is 0 Å². The van der Waals surface area contributed by atoms with E-state index in [1.54, 1.807) is 0 Å². The number of nitrogens with one attached hydrogen (secondary N) is 1. The number of H-pyrrole nitrogens is 1. The lowest BCUT2D eigenvalue weighted by atomic mass is 9.98. The molecule has 1 heterocycles. The number of hydrogen-bond acceptors (Lipinski definition) is 0. The maximum atomic E-state index is 3.68. The van der Waals surface area contributed by atoms with Crippen LogP contribution in [-0.2, 0) is 6.42 Å². The average Bonchev–Trinajstić information content (AvgIpc) is 2.96. The highest BCUT2D eigenvalue weighted by atomic mass is 14.7. The van der Waals surface area contributed by atoms with Crippen LogP contribution in [0.15, 0.2) is 78.9 Å². The molecule has 0 aliphatic heterocycles. The molecule has 23 heavy (non-hydrogen) atoms. The molecule has 0 unspecified atom stereocenters. The van der Waals surface area contributed by atoms with E-state index in [4.69, 9.17) is 0 Å². The number of rotatable bonds is 3. The quantitative estimate of drug-likeness (QED) is 0.496. The summed E-state index contributed by atoms with van der Waals surface area (Å²) in [7, 11) is 0. The molecule has 1 nitrogen and oxygen atoms in total. The van der Waals surface area contributed by atoms with E-state index in [1.165, 1.54) is 38.9 Å². The van der Waals surface area contributed by atoms with Crippen molar-refractivity contribution in [3.8, 4) is 11.1 Å². The summed E-state index contributed by atoms with van der Waals surface area (Å²) in [6.07, 6.45) is 0.916. The molecule has 0 bridgehead atoms. The van der Waals surface area contributed by atoms with E-state index in [1.807, 2.05) is 0 Å². The second-order valence-corrected chi connectivity index (χ2v) is 6.00. The normalized spacial score (nSPS) is 11.0. The zero-order valence-electron chi connectivity index (χ0n) is 13.2. The van der Waals surface area contributed by atoms with Crippen LogP contribution in [0.1, 0.15) is 16.8 Å². The Kier molecular flexibility index (Phi) is 3.47. The van der Waals surface area contributed by atoms with Gasteiger partial charge in [-0.2, -0.15) is 0 Å². The van der Waals surface area contributed by atoms with Crippen molar-refractivity contribution >= 4 is 10.9 Å². The Morgan fingerprint density at radius 2 is 1.43 bits per heavy atom. The highest BCUT2D eigenvalue weighted by Gasteiger charge is 2.14. The predicted molar refractivity (Wildman–Crippen MR) is 97.7 cm³/mol. The van der Waals surface area contributed by atoms with Crippen molar-refractivity contribution in [2.45, 2.75) is 13.3 Å². The molecule has 1 N–H and O–H groups in total. The van der Waals surface area contributed by atoms with Gasteiger partial charge < -0.3 is 4.98 Å². The first kappa shape index (κ1) is 13.8. The van der Waals surface area contributed by atoms with Gasteiger partial charge in [-0.25, -0.2) is 0 Å². The smallest absolute Gasteiger partial charge is 0.0492 e. The van der Waals surface area contributed by atoms with E-state index < -0.39 is 0 Å². The van der Waals surface area contributed by atoms with Gasteiger partial charge in [-0.3, -0.25) is 0 Å². The molecule has 1 heteroatoms. The van der Waals surface area contributed by atoms with Gasteiger partial charge in [0.1, 0.15) is 0 Å². The Morgan fingerprint density at radius 1 is 0.739 bits per heavy atom. The molecule has 0 aliphatic carbocycles. The summed E-state index contributed by atoms with van der Waals surface area (Å²) in [5.74, 6) is 0. The number of fused-ring (bicyclic) bond motifs is 1. The van der Waals surface area contributed by atoms with E-state index in [2.05, 4.69) is 90.8 Å². The zero-order valence-corrected chi connectivity index (χ0v) is 13.2. The van der Waals surface area contributed by atoms with Crippen LogP contribution < -0.4 is 0 Å². The number of para-hydroxylation sites is 1. The minimum absolute atomic E-state index is 0.916. The predicted octanol–water partition coefficient (Wildman–Crippen LogP) is 5.73. The molecule has 0 atom stereocenters. The van der Waals surface area contributed by atoms with Crippen molar-refractivity contribution in [2.75, 3.05) is 0 Å². The number of aromatic nitrogens is 1. The summed E-state index contributed by atoms with van der Waals surface area (Å²) in [6, 6.07) is 27.8. The second kappa shape index (κ2) is 5.77. The van der Waals surface area contributed by atoms with E-state index in [0.717, 1.165) is 6.42 Å². The van der Waals surface area contributed by atoms with E-state index >= 15 is 0 Å². The average molecular weight is 297 g/mol. The fraction of sp³-hybridized carbons (Fsp3) is 0.0909. The van der Waals surface area contributed by atoms with Gasteiger partial charge in [0, 0.05) is 28.6 Å². The molecule has 0 fully saturated rings. The molecule has 0 spiro atoms. The highest BCUT2D eigenvalue weighted by Crippen LogP contribution is 2.34. The molecule has 0 aliphatic rings. The highest BCUT2D eigenvalue weighted by molar-refractivity contribution is 5.99. The fourth-order valence-corrected chi connectivity index (χ4v) is 3.29. The van der Waals surface area contributed by atoms with Crippen molar-refractivity contribution in [1.29, 1.82) is 0 Å². The molecule has 0 radical (unpaired) electrons. The SMILES string of the molecule is Cc1cccc2c(-c3ccccc3)c(Cc3ccccc3)[nH]c12. The molecular weight excluding hydrogens is 278 g/mol. The van der Waals surface area contributed by atoms with Crippen molar-refractivity contribution in [1.82, 2.24) is 4.98 Å². The van der Waals surface area contributed by atoms with Gasteiger partial charge in [0.25, 0.3) is 0 Å². The van der Waals surface area contributed by atoms with Crippen LogP contribution in [0.5, 0.6) is 0 Å². The first-order chi connectivity index (χ1) is 11.3. The van der Waals surface area contributed by atoms with Crippen LogP contribution in [0.4, 0.5) is 0 Å². The molecule has 0 amide bonds. The van der Waals surface area contributed by atoms with Crippen molar-refractivity contribution in [3.05, 3.63) is 95.7 Å². The van der Waals surface area contributed by atoms with Gasteiger partial charge in [0.15, 0.2) is 0 Å². The first-order valence-corrected chi connectivity index (χ1v) is 8.02. The third-order valence-corrected chi connectivity index (χ3v) is 4.41. The first-order valence-electron chi connectivity index (χ1n) is 8.02. The molecule has 4 aromatic rings. The van der Waals surface area contributed by atoms with E-state index in [0.29, 0.717) is 0 Å². The molecule has 112 valence electrons. The molecule has 0 saturated carbocycles.